The van der Waals surface area contributed by atoms with Gasteiger partial charge in [-0.05, 0) is 12.5 Å². The van der Waals surface area contributed by atoms with Crippen molar-refractivity contribution >= 4 is 5.91 Å². The van der Waals surface area contributed by atoms with Crippen molar-refractivity contribution in [1.29, 1.82) is 0 Å². The fraction of sp³-hybridized carbons (Fsp3) is 0.556. The van der Waals surface area contributed by atoms with Gasteiger partial charge in [0.05, 0.1) is 5.69 Å². The highest BCUT2D eigenvalue weighted by Crippen LogP contribution is 1.95. The second-order valence-corrected chi connectivity index (χ2v) is 2.32. The van der Waals surface area contributed by atoms with Gasteiger partial charge in [0.15, 0.2) is 0 Å². The molecule has 76 valence electrons. The smallest absolute Gasteiger partial charge is 0.239 e. The van der Waals surface area contributed by atoms with Gasteiger partial charge in [0, 0.05) is 7.62 Å². The van der Waals surface area contributed by atoms with Gasteiger partial charge >= 0.3 is 0 Å². The molecule has 1 amide bonds. The van der Waals surface area contributed by atoms with Crippen LogP contribution < -0.4 is 5.73 Å². The molecule has 0 atom stereocenters. The van der Waals surface area contributed by atoms with Crippen molar-refractivity contribution in [1.82, 2.24) is 9.78 Å². The van der Waals surface area contributed by atoms with Crippen LogP contribution >= 0.6 is 0 Å². The largest absolute Gasteiger partial charge is 0.368 e. The van der Waals surface area contributed by atoms with E-state index < -0.39 is 0 Å². The highest BCUT2D eigenvalue weighted by Gasteiger charge is 1.98. The maximum Gasteiger partial charge on any atom is 0.239 e. The third-order valence-corrected chi connectivity index (χ3v) is 1.38. The maximum atomic E-state index is 10.4. The summed E-state index contributed by atoms with van der Waals surface area (Å²) in [5.41, 5.74) is 5.95. The SMILES string of the molecule is CC.CCc1ccn(CC(N)=O)n1.[HH]. The predicted octanol–water partition coefficient (Wildman–Crippen LogP) is 1.20. The molecule has 0 unspecified atom stereocenters. The number of carbonyl (C=O) groups is 1. The topological polar surface area (TPSA) is 60.9 Å². The number of aryl methyl sites for hydroxylation is 1. The summed E-state index contributed by atoms with van der Waals surface area (Å²) in [5, 5.41) is 4.08. The minimum atomic E-state index is -0.365. The lowest BCUT2D eigenvalue weighted by atomic mass is 10.4. The van der Waals surface area contributed by atoms with Crippen LogP contribution in [-0.2, 0) is 17.8 Å². The molecule has 1 heterocycles. The molecule has 0 saturated carbocycles. The molecule has 1 aromatic rings. The summed E-state index contributed by atoms with van der Waals surface area (Å²) in [6.45, 7) is 6.18. The molecule has 0 radical (unpaired) electrons. The van der Waals surface area contributed by atoms with Gasteiger partial charge in [0.25, 0.3) is 0 Å². The summed E-state index contributed by atoms with van der Waals surface area (Å²) in [7, 11) is 0. The van der Waals surface area contributed by atoms with Crippen LogP contribution in [0.5, 0.6) is 0 Å². The lowest BCUT2D eigenvalue weighted by Gasteiger charge is -1.94. The van der Waals surface area contributed by atoms with Gasteiger partial charge in [0.1, 0.15) is 6.54 Å². The normalized spacial score (nSPS) is 8.85. The third-order valence-electron chi connectivity index (χ3n) is 1.38. The first-order valence-electron chi connectivity index (χ1n) is 4.53. The van der Waals surface area contributed by atoms with Crippen LogP contribution in [-0.4, -0.2) is 15.7 Å². The Bertz CT molecular complexity index is 260. The average Bonchev–Trinajstić information content (AvgIpc) is 2.55. The van der Waals surface area contributed by atoms with Crippen LogP contribution in [0.1, 0.15) is 27.9 Å². The van der Waals surface area contributed by atoms with Crippen LogP contribution in [0.3, 0.4) is 0 Å². The second-order valence-electron chi connectivity index (χ2n) is 2.32. The van der Waals surface area contributed by atoms with E-state index in [9.17, 15) is 4.79 Å². The number of nitrogens with two attached hydrogens (primary N) is 1. The standard InChI is InChI=1S/C7H11N3O.C2H6.H2/c1-2-6-3-4-10(9-6)5-7(8)11;1-2;/h3-4H,2,5H2,1H3,(H2,8,11);1-2H3;1H. The van der Waals surface area contributed by atoms with E-state index in [0.717, 1.165) is 12.1 Å². The van der Waals surface area contributed by atoms with Gasteiger partial charge in [-0.15, -0.1) is 0 Å². The van der Waals surface area contributed by atoms with E-state index in [1.807, 2.05) is 26.8 Å². The molecule has 0 bridgehead atoms. The van der Waals surface area contributed by atoms with Gasteiger partial charge in [0.2, 0.25) is 5.91 Å². The number of carbonyl (C=O) groups excluding carboxylic acids is 1. The summed E-state index contributed by atoms with van der Waals surface area (Å²) < 4.78 is 1.54. The van der Waals surface area contributed by atoms with Crippen molar-refractivity contribution in [3.05, 3.63) is 18.0 Å². The fourth-order valence-electron chi connectivity index (χ4n) is 0.840. The first kappa shape index (κ1) is 11.7. The van der Waals surface area contributed by atoms with Crippen LogP contribution in [0.25, 0.3) is 0 Å². The molecular weight excluding hydrogens is 166 g/mol. The van der Waals surface area contributed by atoms with Crippen molar-refractivity contribution in [3.8, 4) is 0 Å². The van der Waals surface area contributed by atoms with Crippen molar-refractivity contribution < 1.29 is 6.22 Å². The van der Waals surface area contributed by atoms with E-state index in [4.69, 9.17) is 5.73 Å². The molecule has 4 nitrogen and oxygen atoms in total. The Morgan fingerprint density at radius 2 is 2.31 bits per heavy atom. The molecule has 13 heavy (non-hydrogen) atoms. The van der Waals surface area contributed by atoms with Gasteiger partial charge < -0.3 is 5.73 Å². The van der Waals surface area contributed by atoms with Crippen molar-refractivity contribution in [3.63, 3.8) is 0 Å². The number of hydrogen-bond acceptors (Lipinski definition) is 2. The zero-order chi connectivity index (χ0) is 10.3. The molecule has 1 rings (SSSR count). The number of amides is 1. The summed E-state index contributed by atoms with van der Waals surface area (Å²) in [4.78, 5) is 10.4. The zero-order valence-electron chi connectivity index (χ0n) is 8.45. The quantitative estimate of drug-likeness (QED) is 0.769. The second kappa shape index (κ2) is 6.22. The number of aromatic nitrogens is 2. The number of nitrogens with zero attached hydrogens (tertiary/aromatic N) is 2. The first-order chi connectivity index (χ1) is 6.22. The van der Waals surface area contributed by atoms with E-state index in [2.05, 4.69) is 5.10 Å². The lowest BCUT2D eigenvalue weighted by Crippen LogP contribution is -2.18. The molecule has 0 aliphatic rings. The fourth-order valence-corrected chi connectivity index (χ4v) is 0.840. The Balaban J connectivity index is 0. The van der Waals surface area contributed by atoms with Crippen molar-refractivity contribution in [2.24, 2.45) is 5.73 Å². The van der Waals surface area contributed by atoms with E-state index in [-0.39, 0.29) is 13.9 Å². The Kier molecular flexibility index (Phi) is 5.59. The summed E-state index contributed by atoms with van der Waals surface area (Å²) in [5.74, 6) is -0.365. The highest BCUT2D eigenvalue weighted by molar-refractivity contribution is 5.73. The third kappa shape index (κ3) is 4.30. The van der Waals surface area contributed by atoms with Crippen LogP contribution in [0, 0.1) is 0 Å². The van der Waals surface area contributed by atoms with Crippen LogP contribution in [0.4, 0.5) is 0 Å². The Hall–Kier alpha value is -1.32. The minimum absolute atomic E-state index is 0. The monoisotopic (exact) mass is 185 g/mol. The van der Waals surface area contributed by atoms with Crippen LogP contribution in [0.15, 0.2) is 12.3 Å². The lowest BCUT2D eigenvalue weighted by molar-refractivity contribution is -0.118. The summed E-state index contributed by atoms with van der Waals surface area (Å²) in [6.07, 6.45) is 2.63. The van der Waals surface area contributed by atoms with Gasteiger partial charge in [-0.3, -0.25) is 9.48 Å². The zero-order valence-corrected chi connectivity index (χ0v) is 8.45. The van der Waals surface area contributed by atoms with E-state index in [1.165, 1.54) is 0 Å². The van der Waals surface area contributed by atoms with Crippen LogP contribution in [0.2, 0.25) is 0 Å². The number of hydrogen-bond donors (Lipinski definition) is 1. The van der Waals surface area contributed by atoms with Gasteiger partial charge in [-0.25, -0.2) is 0 Å². The Morgan fingerprint density at radius 1 is 1.69 bits per heavy atom. The average molecular weight is 185 g/mol. The molecule has 0 aliphatic carbocycles. The predicted molar refractivity (Wildman–Crippen MR) is 54.3 cm³/mol. The molecule has 0 fully saturated rings. The highest BCUT2D eigenvalue weighted by atomic mass is 16.1. The first-order valence-corrected chi connectivity index (χ1v) is 4.53. The summed E-state index contributed by atoms with van der Waals surface area (Å²) >= 11 is 0. The van der Waals surface area contributed by atoms with Crippen molar-refractivity contribution in [2.45, 2.75) is 33.7 Å². The summed E-state index contributed by atoms with van der Waals surface area (Å²) in [6, 6.07) is 1.88. The molecular formula is C9H19N3O. The maximum absolute atomic E-state index is 10.4. The molecule has 1 aromatic heterocycles. The molecule has 2 N–H and O–H groups in total. The Labute approximate surface area is 80.2 Å². The molecule has 4 heteroatoms. The molecule has 0 saturated heterocycles. The number of rotatable bonds is 3. The van der Waals surface area contributed by atoms with Gasteiger partial charge in [-0.2, -0.15) is 5.10 Å². The van der Waals surface area contributed by atoms with E-state index in [0.29, 0.717) is 0 Å². The van der Waals surface area contributed by atoms with Gasteiger partial charge in [-0.1, -0.05) is 20.8 Å². The minimum Gasteiger partial charge on any atom is -0.368 e. The van der Waals surface area contributed by atoms with E-state index >= 15 is 0 Å². The van der Waals surface area contributed by atoms with Crippen molar-refractivity contribution in [2.75, 3.05) is 0 Å². The molecule has 0 spiro atoms. The molecule has 0 aromatic carbocycles. The van der Waals surface area contributed by atoms with E-state index in [1.54, 1.807) is 10.9 Å². The molecule has 0 aliphatic heterocycles. The Morgan fingerprint density at radius 3 is 2.69 bits per heavy atom. The number of primary amides is 1.